The number of nitrogens with one attached hydrogen (secondary N) is 1. The van der Waals surface area contributed by atoms with Crippen LogP contribution in [0.15, 0.2) is 28.7 Å². The van der Waals surface area contributed by atoms with Crippen LogP contribution in [0.3, 0.4) is 0 Å². The second kappa shape index (κ2) is 7.95. The van der Waals surface area contributed by atoms with Crippen molar-refractivity contribution in [1.82, 2.24) is 10.2 Å². The molecular weight excluding hydrogens is 328 g/mol. The maximum Gasteiger partial charge on any atom is 0.237 e. The number of likely N-dealkylation sites (tertiary alicyclic amines) is 1. The van der Waals surface area contributed by atoms with Crippen molar-refractivity contribution in [2.24, 2.45) is 0 Å². The Bertz CT molecular complexity index is 476. The molecule has 21 heavy (non-hydrogen) atoms. The van der Waals surface area contributed by atoms with Gasteiger partial charge >= 0.3 is 0 Å². The van der Waals surface area contributed by atoms with Gasteiger partial charge in [-0.2, -0.15) is 0 Å². The second-order valence-corrected chi connectivity index (χ2v) is 6.65. The van der Waals surface area contributed by atoms with Crippen LogP contribution in [0.25, 0.3) is 0 Å². The first-order valence-corrected chi connectivity index (χ1v) is 8.71. The Morgan fingerprint density at radius 1 is 1.43 bits per heavy atom. The number of rotatable bonds is 5. The highest BCUT2D eigenvalue weighted by molar-refractivity contribution is 9.10. The summed E-state index contributed by atoms with van der Waals surface area (Å²) in [5.74, 6) is 0.173. The second-order valence-electron chi connectivity index (χ2n) is 5.80. The molecule has 0 bridgehead atoms. The molecule has 2 rings (SSSR count). The van der Waals surface area contributed by atoms with Crippen LogP contribution >= 0.6 is 15.9 Å². The van der Waals surface area contributed by atoms with Crippen molar-refractivity contribution < 1.29 is 4.79 Å². The van der Waals surface area contributed by atoms with Gasteiger partial charge in [-0.1, -0.05) is 47.5 Å². The van der Waals surface area contributed by atoms with Crippen LogP contribution in [0.4, 0.5) is 0 Å². The van der Waals surface area contributed by atoms with Crippen molar-refractivity contribution in [3.05, 3.63) is 34.3 Å². The number of piperidine rings is 1. The fraction of sp³-hybridized carbons (Fsp3) is 0.588. The molecule has 0 aromatic heterocycles. The van der Waals surface area contributed by atoms with Crippen LogP contribution in [0.1, 0.15) is 51.1 Å². The van der Waals surface area contributed by atoms with Crippen LogP contribution in [-0.2, 0) is 4.79 Å². The largest absolute Gasteiger partial charge is 0.348 e. The lowest BCUT2D eigenvalue weighted by molar-refractivity contribution is -0.128. The summed E-state index contributed by atoms with van der Waals surface area (Å²) in [4.78, 5) is 14.9. The minimum atomic E-state index is 0.0264. The van der Waals surface area contributed by atoms with E-state index in [2.05, 4.69) is 39.1 Å². The predicted octanol–water partition coefficient (Wildman–Crippen LogP) is 3.89. The Morgan fingerprint density at radius 2 is 2.19 bits per heavy atom. The number of halogens is 1. The minimum absolute atomic E-state index is 0.0264. The number of hydrogen-bond acceptors (Lipinski definition) is 2. The molecule has 1 aromatic carbocycles. The monoisotopic (exact) mass is 352 g/mol. The Kier molecular flexibility index (Phi) is 6.24. The number of carbonyl (C=O) groups is 1. The number of carbonyl (C=O) groups excluding carboxylic acids is 1. The molecule has 0 aliphatic carbocycles. The summed E-state index contributed by atoms with van der Waals surface area (Å²) < 4.78 is 1.05. The molecule has 2 atom stereocenters. The van der Waals surface area contributed by atoms with E-state index in [0.717, 1.165) is 42.4 Å². The highest BCUT2D eigenvalue weighted by Gasteiger charge is 2.28. The average molecular weight is 353 g/mol. The lowest BCUT2D eigenvalue weighted by Crippen LogP contribution is -2.50. The lowest BCUT2D eigenvalue weighted by atomic mass is 10.00. The molecule has 1 amide bonds. The standard InChI is InChI=1S/C17H25BrN2O/c1-3-11-20-12-7-6-10-16(20)17(21)19-13(2)14-8-4-5-9-15(14)18/h4-5,8-9,13,16H,3,6-7,10-12H2,1-2H3,(H,19,21). The van der Waals surface area contributed by atoms with E-state index in [-0.39, 0.29) is 18.0 Å². The summed E-state index contributed by atoms with van der Waals surface area (Å²) in [5.41, 5.74) is 1.13. The van der Waals surface area contributed by atoms with Crippen molar-refractivity contribution in [2.75, 3.05) is 13.1 Å². The summed E-state index contributed by atoms with van der Waals surface area (Å²) in [6.07, 6.45) is 4.45. The predicted molar refractivity (Wildman–Crippen MR) is 90.2 cm³/mol. The molecule has 1 aromatic rings. The van der Waals surface area contributed by atoms with Gasteiger partial charge in [0.25, 0.3) is 0 Å². The fourth-order valence-electron chi connectivity index (χ4n) is 3.06. The normalized spacial score (nSPS) is 21.0. The molecule has 3 nitrogen and oxygen atoms in total. The highest BCUT2D eigenvalue weighted by atomic mass is 79.9. The van der Waals surface area contributed by atoms with E-state index in [4.69, 9.17) is 0 Å². The van der Waals surface area contributed by atoms with Crippen molar-refractivity contribution in [1.29, 1.82) is 0 Å². The van der Waals surface area contributed by atoms with Crippen LogP contribution in [0.2, 0.25) is 0 Å². The van der Waals surface area contributed by atoms with E-state index in [0.29, 0.717) is 0 Å². The van der Waals surface area contributed by atoms with Crippen molar-refractivity contribution in [3.63, 3.8) is 0 Å². The van der Waals surface area contributed by atoms with Gasteiger partial charge in [0.15, 0.2) is 0 Å². The van der Waals surface area contributed by atoms with E-state index in [1.165, 1.54) is 6.42 Å². The first-order chi connectivity index (χ1) is 10.1. The van der Waals surface area contributed by atoms with Gasteiger partial charge in [0, 0.05) is 4.47 Å². The third-order valence-electron chi connectivity index (χ3n) is 4.16. The van der Waals surface area contributed by atoms with Gasteiger partial charge in [0.1, 0.15) is 0 Å². The van der Waals surface area contributed by atoms with Gasteiger partial charge in [-0.05, 0) is 50.9 Å². The molecule has 1 heterocycles. The molecule has 116 valence electrons. The van der Waals surface area contributed by atoms with Gasteiger partial charge in [-0.3, -0.25) is 9.69 Å². The SMILES string of the molecule is CCCN1CCCCC1C(=O)NC(C)c1ccccc1Br. The summed E-state index contributed by atoms with van der Waals surface area (Å²) in [6, 6.07) is 8.14. The van der Waals surface area contributed by atoms with Crippen molar-refractivity contribution >= 4 is 21.8 Å². The molecule has 0 radical (unpaired) electrons. The molecular formula is C17H25BrN2O. The molecule has 1 aliphatic heterocycles. The van der Waals surface area contributed by atoms with Crippen molar-refractivity contribution in [3.8, 4) is 0 Å². The number of amides is 1. The Hall–Kier alpha value is -0.870. The number of nitrogens with zero attached hydrogens (tertiary/aromatic N) is 1. The first-order valence-electron chi connectivity index (χ1n) is 7.92. The zero-order chi connectivity index (χ0) is 15.2. The highest BCUT2D eigenvalue weighted by Crippen LogP contribution is 2.24. The van der Waals surface area contributed by atoms with Gasteiger partial charge in [-0.15, -0.1) is 0 Å². The molecule has 1 fully saturated rings. The van der Waals surface area contributed by atoms with Crippen LogP contribution in [0, 0.1) is 0 Å². The van der Waals surface area contributed by atoms with E-state index in [9.17, 15) is 4.79 Å². The van der Waals surface area contributed by atoms with E-state index < -0.39 is 0 Å². The molecule has 1 N–H and O–H groups in total. The van der Waals surface area contributed by atoms with E-state index in [1.54, 1.807) is 0 Å². The summed E-state index contributed by atoms with van der Waals surface area (Å²) in [6.45, 7) is 6.29. The topological polar surface area (TPSA) is 32.3 Å². The molecule has 2 unspecified atom stereocenters. The van der Waals surface area contributed by atoms with Crippen molar-refractivity contribution in [2.45, 2.75) is 51.6 Å². The van der Waals surface area contributed by atoms with Gasteiger partial charge in [-0.25, -0.2) is 0 Å². The third-order valence-corrected chi connectivity index (χ3v) is 4.88. The van der Waals surface area contributed by atoms with Crippen LogP contribution in [-0.4, -0.2) is 29.9 Å². The zero-order valence-corrected chi connectivity index (χ0v) is 14.5. The lowest BCUT2D eigenvalue weighted by Gasteiger charge is -2.35. The van der Waals surface area contributed by atoms with Gasteiger partial charge in [0.2, 0.25) is 5.91 Å². The van der Waals surface area contributed by atoms with Gasteiger partial charge in [0.05, 0.1) is 12.1 Å². The third kappa shape index (κ3) is 4.30. The molecule has 1 saturated heterocycles. The van der Waals surface area contributed by atoms with Crippen LogP contribution < -0.4 is 5.32 Å². The Labute approximate surface area is 136 Å². The van der Waals surface area contributed by atoms with Crippen LogP contribution in [0.5, 0.6) is 0 Å². The Morgan fingerprint density at radius 3 is 2.90 bits per heavy atom. The van der Waals surface area contributed by atoms with E-state index in [1.807, 2.05) is 25.1 Å². The average Bonchev–Trinajstić information content (AvgIpc) is 2.48. The maximum absolute atomic E-state index is 12.6. The molecule has 4 heteroatoms. The van der Waals surface area contributed by atoms with E-state index >= 15 is 0 Å². The molecule has 0 saturated carbocycles. The molecule has 0 spiro atoms. The Balaban J connectivity index is 2.01. The summed E-state index contributed by atoms with van der Waals surface area (Å²) in [5, 5.41) is 3.18. The zero-order valence-electron chi connectivity index (χ0n) is 12.9. The van der Waals surface area contributed by atoms with Gasteiger partial charge < -0.3 is 5.32 Å². The number of hydrogen-bond donors (Lipinski definition) is 1. The molecule has 1 aliphatic rings. The smallest absolute Gasteiger partial charge is 0.237 e. The summed E-state index contributed by atoms with van der Waals surface area (Å²) >= 11 is 3.56. The number of benzene rings is 1. The maximum atomic E-state index is 12.6. The summed E-state index contributed by atoms with van der Waals surface area (Å²) in [7, 11) is 0. The first kappa shape index (κ1) is 16.5. The quantitative estimate of drug-likeness (QED) is 0.871. The minimum Gasteiger partial charge on any atom is -0.348 e. The fourth-order valence-corrected chi connectivity index (χ4v) is 3.68.